The van der Waals surface area contributed by atoms with Gasteiger partial charge in [0.15, 0.2) is 0 Å². The number of carbonyl (C=O) groups excluding carboxylic acids is 1. The van der Waals surface area contributed by atoms with Crippen molar-refractivity contribution in [2.24, 2.45) is 45.3 Å². The molecule has 0 amide bonds. The monoisotopic (exact) mass is 470 g/mol. The molecule has 0 spiro atoms. The molecule has 2 N–H and O–H groups in total. The van der Waals surface area contributed by atoms with Gasteiger partial charge < -0.3 is 14.9 Å². The number of rotatable bonds is 2. The molecule has 10 atom stereocenters. The molecule has 1 heterocycles. The van der Waals surface area contributed by atoms with Gasteiger partial charge in [-0.2, -0.15) is 0 Å². The molecule has 0 aromatic rings. The number of cyclic esters (lactones) is 1. The summed E-state index contributed by atoms with van der Waals surface area (Å²) in [4.78, 5) is 13.0. The van der Waals surface area contributed by atoms with Gasteiger partial charge in [-0.05, 0) is 92.4 Å². The molecule has 3 saturated carbocycles. The SMILES string of the molecule is CC(C)=CC1CC(C2CC=C3C2(C)CCC2C4(C)CC[C@H](O)C(C)(C)C4CC(O)C32C)C(=O)O1. The molecule has 0 aromatic carbocycles. The number of allylic oxidation sites excluding steroid dienone is 2. The maximum atomic E-state index is 13.0. The smallest absolute Gasteiger partial charge is 0.310 e. The van der Waals surface area contributed by atoms with Crippen LogP contribution in [-0.2, 0) is 9.53 Å². The fourth-order valence-corrected chi connectivity index (χ4v) is 10.0. The third-order valence-corrected chi connectivity index (χ3v) is 11.8. The van der Waals surface area contributed by atoms with Gasteiger partial charge in [0, 0.05) is 11.8 Å². The standard InChI is InChI=1S/C30H46O4/c1-17(2)14-18-15-19(26(33)34-18)20-8-9-21-28(20,5)12-10-22-29(6)13-11-24(31)27(3,4)23(29)16-25(32)30(21,22)7/h9,14,18-20,22-25,31-32H,8,10-13,15-16H2,1-7H3/t18?,19?,20?,22?,23?,24-,25?,28?,29?,30?/m0/s1. The molecule has 4 fully saturated rings. The van der Waals surface area contributed by atoms with E-state index in [2.05, 4.69) is 60.6 Å². The summed E-state index contributed by atoms with van der Waals surface area (Å²) in [5.41, 5.74) is 2.19. The van der Waals surface area contributed by atoms with Gasteiger partial charge in [0.2, 0.25) is 0 Å². The van der Waals surface area contributed by atoms with Crippen LogP contribution in [0.3, 0.4) is 0 Å². The molecule has 1 saturated heterocycles. The van der Waals surface area contributed by atoms with Crippen LogP contribution in [0.15, 0.2) is 23.3 Å². The number of fused-ring (bicyclic) bond motifs is 5. The first kappa shape index (κ1) is 24.6. The predicted molar refractivity (Wildman–Crippen MR) is 134 cm³/mol. The second-order valence-corrected chi connectivity index (χ2v) is 14.0. The highest BCUT2D eigenvalue weighted by Gasteiger charge is 2.68. The summed E-state index contributed by atoms with van der Waals surface area (Å²) in [5.74, 6) is 0.870. The highest BCUT2D eigenvalue weighted by Crippen LogP contribution is 2.73. The molecule has 5 rings (SSSR count). The molecule has 4 aliphatic carbocycles. The Morgan fingerprint density at radius 2 is 1.71 bits per heavy atom. The van der Waals surface area contributed by atoms with E-state index in [0.717, 1.165) is 44.9 Å². The minimum absolute atomic E-state index is 0.0325. The zero-order valence-electron chi connectivity index (χ0n) is 22.4. The largest absolute Gasteiger partial charge is 0.458 e. The lowest BCUT2D eigenvalue weighted by Gasteiger charge is -2.68. The Balaban J connectivity index is 1.47. The van der Waals surface area contributed by atoms with E-state index in [4.69, 9.17) is 4.74 Å². The van der Waals surface area contributed by atoms with E-state index >= 15 is 0 Å². The fourth-order valence-electron chi connectivity index (χ4n) is 10.0. The Morgan fingerprint density at radius 3 is 2.38 bits per heavy atom. The van der Waals surface area contributed by atoms with Gasteiger partial charge in [0.05, 0.1) is 18.1 Å². The van der Waals surface area contributed by atoms with Crippen LogP contribution in [0.1, 0.15) is 93.4 Å². The van der Waals surface area contributed by atoms with Crippen LogP contribution in [0.4, 0.5) is 0 Å². The van der Waals surface area contributed by atoms with Crippen molar-refractivity contribution in [2.45, 2.75) is 112 Å². The molecule has 9 unspecified atom stereocenters. The van der Waals surface area contributed by atoms with Crippen LogP contribution >= 0.6 is 0 Å². The van der Waals surface area contributed by atoms with Crippen LogP contribution in [0.5, 0.6) is 0 Å². The molecule has 190 valence electrons. The van der Waals surface area contributed by atoms with E-state index in [0.29, 0.717) is 11.8 Å². The highest BCUT2D eigenvalue weighted by atomic mass is 16.5. The number of carbonyl (C=O) groups is 1. The number of hydrogen-bond donors (Lipinski definition) is 2. The van der Waals surface area contributed by atoms with Gasteiger partial charge in [0.1, 0.15) is 6.10 Å². The summed E-state index contributed by atoms with van der Waals surface area (Å²) in [6.07, 6.45) is 10.1. The Morgan fingerprint density at radius 1 is 1.00 bits per heavy atom. The summed E-state index contributed by atoms with van der Waals surface area (Å²) in [6, 6.07) is 0. The second kappa shape index (κ2) is 7.68. The molecular formula is C30H46O4. The topological polar surface area (TPSA) is 66.8 Å². The Bertz CT molecular complexity index is 928. The molecular weight excluding hydrogens is 424 g/mol. The normalized spacial score (nSPS) is 51.6. The minimum atomic E-state index is -0.418. The molecule has 4 nitrogen and oxygen atoms in total. The predicted octanol–water partition coefficient (Wildman–Crippen LogP) is 5.82. The third kappa shape index (κ3) is 3.13. The average molecular weight is 471 g/mol. The number of esters is 1. The van der Waals surface area contributed by atoms with Gasteiger partial charge in [-0.25, -0.2) is 0 Å². The highest BCUT2D eigenvalue weighted by molar-refractivity contribution is 5.76. The Labute approximate surface area is 206 Å². The van der Waals surface area contributed by atoms with E-state index in [-0.39, 0.29) is 51.7 Å². The molecule has 0 radical (unpaired) electrons. The molecule has 1 aliphatic heterocycles. The summed E-state index contributed by atoms with van der Waals surface area (Å²) in [6.45, 7) is 15.7. The summed E-state index contributed by atoms with van der Waals surface area (Å²) >= 11 is 0. The fraction of sp³-hybridized carbons (Fsp3) is 0.833. The van der Waals surface area contributed by atoms with Crippen molar-refractivity contribution >= 4 is 5.97 Å². The quantitative estimate of drug-likeness (QED) is 0.394. The second-order valence-electron chi connectivity index (χ2n) is 14.0. The Hall–Kier alpha value is -1.13. The van der Waals surface area contributed by atoms with Crippen LogP contribution in [0, 0.1) is 45.3 Å². The van der Waals surface area contributed by atoms with Crippen LogP contribution in [-0.4, -0.2) is 34.5 Å². The molecule has 5 aliphatic rings. The zero-order chi connectivity index (χ0) is 24.8. The van der Waals surface area contributed by atoms with Gasteiger partial charge in [-0.1, -0.05) is 51.8 Å². The maximum Gasteiger partial charge on any atom is 0.310 e. The van der Waals surface area contributed by atoms with Crippen LogP contribution < -0.4 is 0 Å². The lowest BCUT2D eigenvalue weighted by Crippen LogP contribution is -2.65. The van der Waals surface area contributed by atoms with Crippen molar-refractivity contribution in [3.8, 4) is 0 Å². The van der Waals surface area contributed by atoms with Crippen molar-refractivity contribution in [1.82, 2.24) is 0 Å². The number of aliphatic hydroxyl groups excluding tert-OH is 2. The number of aliphatic hydroxyl groups is 2. The molecule has 4 heteroatoms. The molecule has 34 heavy (non-hydrogen) atoms. The average Bonchev–Trinajstić information content (AvgIpc) is 3.26. The minimum Gasteiger partial charge on any atom is -0.458 e. The molecule has 0 aromatic heterocycles. The van der Waals surface area contributed by atoms with Gasteiger partial charge in [-0.15, -0.1) is 0 Å². The van der Waals surface area contributed by atoms with Crippen LogP contribution in [0.2, 0.25) is 0 Å². The zero-order valence-corrected chi connectivity index (χ0v) is 22.4. The van der Waals surface area contributed by atoms with Gasteiger partial charge >= 0.3 is 5.97 Å². The third-order valence-electron chi connectivity index (χ3n) is 11.8. The van der Waals surface area contributed by atoms with Crippen LogP contribution in [0.25, 0.3) is 0 Å². The van der Waals surface area contributed by atoms with Crippen molar-refractivity contribution in [3.63, 3.8) is 0 Å². The first-order valence-corrected chi connectivity index (χ1v) is 13.7. The summed E-state index contributed by atoms with van der Waals surface area (Å²) in [7, 11) is 0. The van der Waals surface area contributed by atoms with Gasteiger partial charge in [-0.3, -0.25) is 4.79 Å². The number of ether oxygens (including phenoxy) is 1. The summed E-state index contributed by atoms with van der Waals surface area (Å²) < 4.78 is 5.78. The van der Waals surface area contributed by atoms with Crippen molar-refractivity contribution in [3.05, 3.63) is 23.3 Å². The maximum absolute atomic E-state index is 13.0. The van der Waals surface area contributed by atoms with E-state index < -0.39 is 6.10 Å². The molecule has 0 bridgehead atoms. The van der Waals surface area contributed by atoms with E-state index in [1.807, 2.05) is 0 Å². The van der Waals surface area contributed by atoms with E-state index in [9.17, 15) is 15.0 Å². The first-order valence-electron chi connectivity index (χ1n) is 13.7. The lowest BCUT2D eigenvalue weighted by atomic mass is 9.37. The van der Waals surface area contributed by atoms with Crippen molar-refractivity contribution in [1.29, 1.82) is 0 Å². The summed E-state index contributed by atoms with van der Waals surface area (Å²) in [5, 5.41) is 22.7. The van der Waals surface area contributed by atoms with Crippen molar-refractivity contribution in [2.75, 3.05) is 0 Å². The van der Waals surface area contributed by atoms with Gasteiger partial charge in [0.25, 0.3) is 0 Å². The van der Waals surface area contributed by atoms with Crippen molar-refractivity contribution < 1.29 is 19.7 Å². The van der Waals surface area contributed by atoms with E-state index in [1.54, 1.807) is 0 Å². The van der Waals surface area contributed by atoms with E-state index in [1.165, 1.54) is 11.1 Å². The Kier molecular flexibility index (Phi) is 5.55. The number of hydrogen-bond acceptors (Lipinski definition) is 4. The lowest BCUT2D eigenvalue weighted by molar-refractivity contribution is -0.212. The first-order chi connectivity index (χ1) is 15.8.